The Labute approximate surface area is 194 Å². The first-order valence-corrected chi connectivity index (χ1v) is 10.0. The van der Waals surface area contributed by atoms with Gasteiger partial charge in [0.15, 0.2) is 18.3 Å². The zero-order valence-electron chi connectivity index (χ0n) is 19.6. The highest BCUT2D eigenvalue weighted by atomic mass is 16.7. The third-order valence-corrected chi connectivity index (χ3v) is 4.52. The van der Waals surface area contributed by atoms with Gasteiger partial charge in [-0.15, -0.1) is 0 Å². The summed E-state index contributed by atoms with van der Waals surface area (Å²) in [6.45, 7) is 4.52. The number of carboxylic acids is 1. The topological polar surface area (TPSA) is 187 Å². The Hall–Kier alpha value is -3.26. The maximum absolute atomic E-state index is 12.1. The average molecular weight is 492 g/mol. The number of ether oxygens (including phenoxy) is 7. The molecule has 14 heteroatoms. The van der Waals surface area contributed by atoms with E-state index in [0.29, 0.717) is 0 Å². The predicted molar refractivity (Wildman–Crippen MR) is 106 cm³/mol. The molecule has 0 aliphatic carbocycles. The summed E-state index contributed by atoms with van der Waals surface area (Å²) in [6, 6.07) is 0. The second-order valence-corrected chi connectivity index (χ2v) is 7.30. The first-order chi connectivity index (χ1) is 15.7. The molecule has 0 saturated carbocycles. The Morgan fingerprint density at radius 1 is 0.882 bits per heavy atom. The molecular weight excluding hydrogens is 464 g/mol. The van der Waals surface area contributed by atoms with Crippen molar-refractivity contribution in [2.24, 2.45) is 0 Å². The molecule has 14 nitrogen and oxygen atoms in total. The Morgan fingerprint density at radius 2 is 1.44 bits per heavy atom. The van der Waals surface area contributed by atoms with Gasteiger partial charge in [-0.05, 0) is 0 Å². The minimum Gasteiger partial charge on any atom is -0.477 e. The fourth-order valence-electron chi connectivity index (χ4n) is 3.35. The van der Waals surface area contributed by atoms with E-state index in [1.165, 1.54) is 0 Å². The highest BCUT2D eigenvalue weighted by Gasteiger charge is 2.59. The van der Waals surface area contributed by atoms with Crippen molar-refractivity contribution in [3.63, 3.8) is 0 Å². The molecule has 0 unspecified atom stereocenters. The summed E-state index contributed by atoms with van der Waals surface area (Å²) < 4.78 is 36.4. The Balaban J connectivity index is 3.67. The molecular formula is C20H28O14. The van der Waals surface area contributed by atoms with Crippen LogP contribution in [0.1, 0.15) is 41.0 Å². The van der Waals surface area contributed by atoms with Gasteiger partial charge in [-0.2, -0.15) is 0 Å². The quantitative estimate of drug-likeness (QED) is 0.303. The van der Waals surface area contributed by atoms with Crippen LogP contribution in [0.2, 0.25) is 0 Å². The van der Waals surface area contributed by atoms with Gasteiger partial charge in [0.1, 0.15) is 18.8 Å². The Kier molecular flexibility index (Phi) is 10.4. The highest BCUT2D eigenvalue weighted by molar-refractivity contribution is 5.76. The van der Waals surface area contributed by atoms with Crippen molar-refractivity contribution in [1.29, 1.82) is 0 Å². The van der Waals surface area contributed by atoms with Crippen LogP contribution in [0, 0.1) is 0 Å². The third-order valence-electron chi connectivity index (χ3n) is 4.52. The van der Waals surface area contributed by atoms with Gasteiger partial charge in [-0.3, -0.25) is 24.0 Å². The van der Waals surface area contributed by atoms with Gasteiger partial charge in [0.05, 0.1) is 6.42 Å². The van der Waals surface area contributed by atoms with E-state index in [1.807, 2.05) is 0 Å². The number of aliphatic carboxylic acids is 1. The van der Waals surface area contributed by atoms with Gasteiger partial charge < -0.3 is 38.3 Å². The van der Waals surface area contributed by atoms with Gasteiger partial charge in [-0.1, -0.05) is 0 Å². The molecule has 0 aromatic rings. The number of hydrogen-bond donors (Lipinski definition) is 1. The molecule has 0 radical (unpaired) electrons. The largest absolute Gasteiger partial charge is 0.477 e. The number of esters is 5. The molecule has 1 N–H and O–H groups in total. The summed E-state index contributed by atoms with van der Waals surface area (Å²) in [5, 5.41) is 9.79. The lowest BCUT2D eigenvalue weighted by Crippen LogP contribution is -2.66. The zero-order chi connectivity index (χ0) is 26.2. The van der Waals surface area contributed by atoms with E-state index in [1.54, 1.807) is 0 Å². The summed E-state index contributed by atoms with van der Waals surface area (Å²) in [5.74, 6) is -8.37. The van der Waals surface area contributed by atoms with Gasteiger partial charge >= 0.3 is 35.8 Å². The molecule has 0 amide bonds. The lowest BCUT2D eigenvalue weighted by Gasteiger charge is -2.46. The van der Waals surface area contributed by atoms with Crippen LogP contribution in [0.3, 0.4) is 0 Å². The molecule has 1 heterocycles. The monoisotopic (exact) mass is 492 g/mol. The number of hydrogen-bond acceptors (Lipinski definition) is 13. The Bertz CT molecular complexity index is 807. The summed E-state index contributed by atoms with van der Waals surface area (Å²) >= 11 is 0. The fourth-order valence-corrected chi connectivity index (χ4v) is 3.35. The summed E-state index contributed by atoms with van der Waals surface area (Å²) in [7, 11) is 1.01. The molecule has 0 spiro atoms. The molecule has 6 atom stereocenters. The standard InChI is InChI=1S/C20H28O14/c1-9(21)29-8-15(31-11(3)23)17(33-13(5)25)18-16(32-12(4)24)14(30-10(2)22)7-20(28-6,34-18)19(26)27/h14-18H,7-8H2,1-6H3,(H,26,27)/t14-,15+,16+,17+,18+,20+/m0/s1. The van der Waals surface area contributed by atoms with E-state index in [2.05, 4.69) is 0 Å². The van der Waals surface area contributed by atoms with Crippen molar-refractivity contribution in [3.05, 3.63) is 0 Å². The highest BCUT2D eigenvalue weighted by Crippen LogP contribution is 2.37. The van der Waals surface area contributed by atoms with E-state index >= 15 is 0 Å². The molecule has 0 aromatic carbocycles. The fraction of sp³-hybridized carbons (Fsp3) is 0.700. The minimum absolute atomic E-state index is 0.609. The number of carbonyl (C=O) groups excluding carboxylic acids is 5. The molecule has 1 aliphatic heterocycles. The Morgan fingerprint density at radius 3 is 1.85 bits per heavy atom. The predicted octanol–water partition coefficient (Wildman–Crippen LogP) is -0.507. The van der Waals surface area contributed by atoms with Crippen LogP contribution in [0.15, 0.2) is 0 Å². The summed E-state index contributed by atoms with van der Waals surface area (Å²) in [5.41, 5.74) is 0. The molecule has 34 heavy (non-hydrogen) atoms. The number of carboxylic acid groups (broad SMARTS) is 1. The van der Waals surface area contributed by atoms with Crippen molar-refractivity contribution in [3.8, 4) is 0 Å². The molecule has 192 valence electrons. The van der Waals surface area contributed by atoms with Gasteiger partial charge in [0, 0.05) is 41.7 Å². The van der Waals surface area contributed by atoms with Crippen molar-refractivity contribution >= 4 is 35.8 Å². The van der Waals surface area contributed by atoms with Crippen LogP contribution in [-0.4, -0.2) is 90.9 Å². The second-order valence-electron chi connectivity index (χ2n) is 7.30. The van der Waals surface area contributed by atoms with Crippen LogP contribution < -0.4 is 0 Å². The molecule has 0 aromatic heterocycles. The molecule has 1 aliphatic rings. The smallest absolute Gasteiger partial charge is 0.364 e. The van der Waals surface area contributed by atoms with Crippen LogP contribution in [0.25, 0.3) is 0 Å². The molecule has 1 fully saturated rings. The van der Waals surface area contributed by atoms with Crippen LogP contribution in [0.5, 0.6) is 0 Å². The normalized spacial score (nSPS) is 25.8. The number of rotatable bonds is 10. The van der Waals surface area contributed by atoms with Crippen molar-refractivity contribution in [1.82, 2.24) is 0 Å². The molecule has 1 saturated heterocycles. The first-order valence-electron chi connectivity index (χ1n) is 10.0. The van der Waals surface area contributed by atoms with Crippen LogP contribution in [-0.2, 0) is 61.9 Å². The lowest BCUT2D eigenvalue weighted by molar-refractivity contribution is -0.323. The van der Waals surface area contributed by atoms with Crippen LogP contribution in [0.4, 0.5) is 0 Å². The van der Waals surface area contributed by atoms with Crippen LogP contribution >= 0.6 is 0 Å². The summed E-state index contributed by atoms with van der Waals surface area (Å²) in [6.07, 6.45) is -8.54. The maximum atomic E-state index is 12.1. The summed E-state index contributed by atoms with van der Waals surface area (Å²) in [4.78, 5) is 70.6. The van der Waals surface area contributed by atoms with E-state index in [0.717, 1.165) is 41.7 Å². The van der Waals surface area contributed by atoms with Crippen molar-refractivity contribution in [2.75, 3.05) is 13.7 Å². The SMILES string of the molecule is CO[C@]1(C(=O)O)C[C@H](OC(C)=O)[C@@H](OC(C)=O)[C@H]([C@H](OC(C)=O)[C@@H](COC(C)=O)OC(C)=O)O1. The minimum atomic E-state index is -2.44. The van der Waals surface area contributed by atoms with Gasteiger partial charge in [0.25, 0.3) is 5.79 Å². The first kappa shape index (κ1) is 28.8. The second kappa shape index (κ2) is 12.3. The van der Waals surface area contributed by atoms with E-state index < -0.39 is 85.2 Å². The number of methoxy groups -OCH3 is 1. The van der Waals surface area contributed by atoms with Gasteiger partial charge in [0.2, 0.25) is 0 Å². The lowest BCUT2D eigenvalue weighted by atomic mass is 9.90. The third kappa shape index (κ3) is 7.95. The maximum Gasteiger partial charge on any atom is 0.364 e. The van der Waals surface area contributed by atoms with E-state index in [4.69, 9.17) is 33.2 Å². The van der Waals surface area contributed by atoms with E-state index in [-0.39, 0.29) is 0 Å². The van der Waals surface area contributed by atoms with Crippen molar-refractivity contribution < 1.29 is 67.0 Å². The van der Waals surface area contributed by atoms with E-state index in [9.17, 15) is 33.9 Å². The average Bonchev–Trinajstić information content (AvgIpc) is 2.69. The zero-order valence-corrected chi connectivity index (χ0v) is 19.6. The van der Waals surface area contributed by atoms with Gasteiger partial charge in [-0.25, -0.2) is 4.79 Å². The molecule has 1 rings (SSSR count). The van der Waals surface area contributed by atoms with Crippen molar-refractivity contribution in [2.45, 2.75) is 77.3 Å². The molecule has 0 bridgehead atoms. The number of carbonyl (C=O) groups is 6.